The van der Waals surface area contributed by atoms with Gasteiger partial charge in [0, 0.05) is 20.8 Å². The Bertz CT molecular complexity index is 1510. The van der Waals surface area contributed by atoms with E-state index < -0.39 is 0 Å². The van der Waals surface area contributed by atoms with Crippen molar-refractivity contribution in [2.45, 2.75) is 104 Å². The van der Waals surface area contributed by atoms with Crippen molar-refractivity contribution in [3.05, 3.63) is 106 Å². The van der Waals surface area contributed by atoms with E-state index in [1.165, 1.54) is 99.3 Å². The summed E-state index contributed by atoms with van der Waals surface area (Å²) in [6, 6.07) is 30.9. The minimum atomic E-state index is 0.775. The summed E-state index contributed by atoms with van der Waals surface area (Å²) in [7, 11) is 0. The highest BCUT2D eigenvalue weighted by Crippen LogP contribution is 2.47. The van der Waals surface area contributed by atoms with Gasteiger partial charge in [-0.15, -0.1) is 0 Å². The summed E-state index contributed by atoms with van der Waals surface area (Å²) in [5.74, 6) is 0. The lowest BCUT2D eigenvalue weighted by atomic mass is 9.85. The predicted molar refractivity (Wildman–Crippen MR) is 197 cm³/mol. The van der Waals surface area contributed by atoms with Crippen molar-refractivity contribution in [3.8, 4) is 22.3 Å². The van der Waals surface area contributed by atoms with Crippen LogP contribution in [-0.2, 0) is 12.8 Å². The van der Waals surface area contributed by atoms with Gasteiger partial charge in [-0.3, -0.25) is 0 Å². The van der Waals surface area contributed by atoms with E-state index in [1.54, 1.807) is 0 Å². The molecule has 5 aromatic rings. The van der Waals surface area contributed by atoms with Crippen LogP contribution in [0.4, 0.5) is 0 Å². The van der Waals surface area contributed by atoms with E-state index in [0.29, 0.717) is 0 Å². The lowest BCUT2D eigenvalue weighted by Crippen LogP contribution is -1.93. The van der Waals surface area contributed by atoms with Gasteiger partial charge >= 0.3 is 0 Å². The van der Waals surface area contributed by atoms with Crippen molar-refractivity contribution in [1.29, 1.82) is 0 Å². The molecule has 0 unspecified atom stereocenters. The Morgan fingerprint density at radius 2 is 0.773 bits per heavy atom. The van der Waals surface area contributed by atoms with Crippen LogP contribution in [0.1, 0.15) is 102 Å². The number of halogens is 2. The van der Waals surface area contributed by atoms with Gasteiger partial charge in [-0.2, -0.15) is 0 Å². The maximum absolute atomic E-state index is 7.06. The third kappa shape index (κ3) is 7.88. The SMILES string of the molecule is CCCCCCCCc1ccc(-c2c3cccc(Cl)c3c(-c3ccc(CCCCCCCC)cc3)c3cccc(Cl)c23)cc1. The molecule has 0 aromatic heterocycles. The fraction of sp³-hybridized carbons (Fsp3) is 0.381. The van der Waals surface area contributed by atoms with E-state index in [4.69, 9.17) is 23.2 Å². The zero-order valence-corrected chi connectivity index (χ0v) is 28.3. The molecular formula is C42H48Cl2. The molecule has 0 heterocycles. The second-order valence-corrected chi connectivity index (χ2v) is 13.3. The van der Waals surface area contributed by atoms with Crippen LogP contribution in [0.5, 0.6) is 0 Å². The second-order valence-electron chi connectivity index (χ2n) is 12.5. The summed E-state index contributed by atoms with van der Waals surface area (Å²) in [5.41, 5.74) is 7.50. The first-order chi connectivity index (χ1) is 21.6. The number of hydrogen-bond donors (Lipinski definition) is 0. The van der Waals surface area contributed by atoms with Crippen LogP contribution in [0.3, 0.4) is 0 Å². The molecule has 0 fully saturated rings. The Kier molecular flexibility index (Phi) is 12.2. The first-order valence-electron chi connectivity index (χ1n) is 17.1. The van der Waals surface area contributed by atoms with Crippen molar-refractivity contribution >= 4 is 44.7 Å². The van der Waals surface area contributed by atoms with Gasteiger partial charge in [0.2, 0.25) is 0 Å². The molecule has 5 aromatic carbocycles. The molecule has 0 nitrogen and oxygen atoms in total. The molecule has 0 spiro atoms. The van der Waals surface area contributed by atoms with Gasteiger partial charge in [-0.1, -0.05) is 174 Å². The van der Waals surface area contributed by atoms with Crippen molar-refractivity contribution < 1.29 is 0 Å². The molecule has 0 saturated heterocycles. The predicted octanol–water partition coefficient (Wildman–Crippen LogP) is 14.4. The molecule has 230 valence electrons. The number of rotatable bonds is 16. The van der Waals surface area contributed by atoms with Gasteiger partial charge in [0.1, 0.15) is 0 Å². The summed E-state index contributed by atoms with van der Waals surface area (Å²) >= 11 is 14.1. The smallest absolute Gasteiger partial charge is 0.0491 e. The summed E-state index contributed by atoms with van der Waals surface area (Å²) in [6.07, 6.45) is 18.1. The number of hydrogen-bond acceptors (Lipinski definition) is 0. The van der Waals surface area contributed by atoms with E-state index in [9.17, 15) is 0 Å². The molecular weight excluding hydrogens is 575 g/mol. The average Bonchev–Trinajstić information content (AvgIpc) is 3.04. The number of unbranched alkanes of at least 4 members (excludes halogenated alkanes) is 10. The first kappa shape index (κ1) is 32.6. The van der Waals surface area contributed by atoms with Gasteiger partial charge in [0.05, 0.1) is 0 Å². The van der Waals surface area contributed by atoms with Crippen LogP contribution in [0, 0.1) is 0 Å². The standard InChI is InChI=1S/C42H48Cl2/c1-3-5-7-9-11-13-17-31-23-27-33(28-24-31)39-35-19-15-22-38(44)42(35)40(36-20-16-21-37(43)41(36)39)34-29-25-32(26-30-34)18-14-12-10-8-6-4-2/h15-16,19-30H,3-14,17-18H2,1-2H3. The highest BCUT2D eigenvalue weighted by atomic mass is 35.5. The number of benzene rings is 5. The van der Waals surface area contributed by atoms with Crippen LogP contribution in [-0.4, -0.2) is 0 Å². The van der Waals surface area contributed by atoms with Crippen LogP contribution in [0.15, 0.2) is 84.9 Å². The van der Waals surface area contributed by atoms with Crippen LogP contribution in [0.2, 0.25) is 10.0 Å². The molecule has 0 aliphatic carbocycles. The molecule has 0 aliphatic heterocycles. The van der Waals surface area contributed by atoms with Crippen molar-refractivity contribution in [2.75, 3.05) is 0 Å². The van der Waals surface area contributed by atoms with Crippen LogP contribution >= 0.6 is 23.2 Å². The van der Waals surface area contributed by atoms with Crippen molar-refractivity contribution in [2.24, 2.45) is 0 Å². The third-order valence-corrected chi connectivity index (χ3v) is 9.82. The molecule has 0 N–H and O–H groups in total. The maximum Gasteiger partial charge on any atom is 0.0491 e. The molecule has 0 radical (unpaired) electrons. The fourth-order valence-corrected chi connectivity index (χ4v) is 7.28. The highest BCUT2D eigenvalue weighted by molar-refractivity contribution is 6.42. The fourth-order valence-electron chi connectivity index (χ4n) is 6.74. The quantitative estimate of drug-likeness (QED) is 0.0758. The topological polar surface area (TPSA) is 0 Å². The Morgan fingerprint density at radius 3 is 1.16 bits per heavy atom. The largest absolute Gasteiger partial charge is 0.0836 e. The first-order valence-corrected chi connectivity index (χ1v) is 17.9. The lowest BCUT2D eigenvalue weighted by Gasteiger charge is -2.20. The van der Waals surface area contributed by atoms with E-state index >= 15 is 0 Å². The Hall–Kier alpha value is -2.80. The number of aryl methyl sites for hydroxylation is 2. The van der Waals surface area contributed by atoms with E-state index in [2.05, 4.69) is 86.6 Å². The second kappa shape index (κ2) is 16.5. The zero-order chi connectivity index (χ0) is 30.7. The van der Waals surface area contributed by atoms with Crippen LogP contribution in [0.25, 0.3) is 43.8 Å². The maximum atomic E-state index is 7.06. The summed E-state index contributed by atoms with van der Waals surface area (Å²) < 4.78 is 0. The zero-order valence-electron chi connectivity index (χ0n) is 26.7. The van der Waals surface area contributed by atoms with Crippen molar-refractivity contribution in [1.82, 2.24) is 0 Å². The summed E-state index contributed by atoms with van der Waals surface area (Å²) in [4.78, 5) is 0. The molecule has 0 aliphatic rings. The van der Waals surface area contributed by atoms with E-state index in [0.717, 1.165) is 55.6 Å². The Morgan fingerprint density at radius 1 is 0.409 bits per heavy atom. The minimum absolute atomic E-state index is 0.775. The van der Waals surface area contributed by atoms with Crippen LogP contribution < -0.4 is 0 Å². The molecule has 0 bridgehead atoms. The van der Waals surface area contributed by atoms with Gasteiger partial charge in [0.15, 0.2) is 0 Å². The summed E-state index contributed by atoms with van der Waals surface area (Å²) in [6.45, 7) is 4.55. The molecule has 44 heavy (non-hydrogen) atoms. The Labute approximate surface area is 275 Å². The summed E-state index contributed by atoms with van der Waals surface area (Å²) in [5, 5.41) is 6.03. The van der Waals surface area contributed by atoms with Gasteiger partial charge < -0.3 is 0 Å². The van der Waals surface area contributed by atoms with Gasteiger partial charge in [-0.05, 0) is 82.0 Å². The molecule has 2 heteroatoms. The Balaban J connectivity index is 1.49. The molecule has 0 amide bonds. The monoisotopic (exact) mass is 622 g/mol. The normalized spacial score (nSPS) is 11.5. The highest BCUT2D eigenvalue weighted by Gasteiger charge is 2.20. The minimum Gasteiger partial charge on any atom is -0.0836 e. The van der Waals surface area contributed by atoms with Gasteiger partial charge in [0.25, 0.3) is 0 Å². The molecule has 5 rings (SSSR count). The number of fused-ring (bicyclic) bond motifs is 2. The molecule has 0 atom stereocenters. The van der Waals surface area contributed by atoms with E-state index in [1.807, 2.05) is 12.1 Å². The van der Waals surface area contributed by atoms with E-state index in [-0.39, 0.29) is 0 Å². The third-order valence-electron chi connectivity index (χ3n) is 9.19. The average molecular weight is 624 g/mol. The van der Waals surface area contributed by atoms with Gasteiger partial charge in [-0.25, -0.2) is 0 Å². The molecule has 0 saturated carbocycles. The van der Waals surface area contributed by atoms with Crippen molar-refractivity contribution in [3.63, 3.8) is 0 Å². The lowest BCUT2D eigenvalue weighted by molar-refractivity contribution is 0.607.